The Kier molecular flexibility index (Phi) is 8.87. The highest BCUT2D eigenvalue weighted by atomic mass is 127. The summed E-state index contributed by atoms with van der Waals surface area (Å²) in [6.45, 7) is 7.21. The number of rotatable bonds is 5. The van der Waals surface area contributed by atoms with Crippen molar-refractivity contribution in [2.24, 2.45) is 4.99 Å². The van der Waals surface area contributed by atoms with Gasteiger partial charge >= 0.3 is 6.18 Å². The normalized spacial score (nSPS) is 18.7. The van der Waals surface area contributed by atoms with Crippen LogP contribution in [0.15, 0.2) is 23.2 Å². The van der Waals surface area contributed by atoms with E-state index in [4.69, 9.17) is 9.73 Å². The van der Waals surface area contributed by atoms with E-state index in [0.717, 1.165) is 37.7 Å². The lowest BCUT2D eigenvalue weighted by Crippen LogP contribution is -2.56. The molecule has 0 radical (unpaired) electrons. The van der Waals surface area contributed by atoms with Crippen LogP contribution < -0.4 is 10.1 Å². The molecule has 9 heteroatoms. The summed E-state index contributed by atoms with van der Waals surface area (Å²) < 4.78 is 44.3. The number of piperazine rings is 1. The maximum atomic E-state index is 12.9. The van der Waals surface area contributed by atoms with Gasteiger partial charge in [0.25, 0.3) is 0 Å². The third-order valence-corrected chi connectivity index (χ3v) is 5.39. The molecule has 29 heavy (non-hydrogen) atoms. The van der Waals surface area contributed by atoms with Gasteiger partial charge in [0.1, 0.15) is 11.8 Å². The number of alkyl halides is 3. The van der Waals surface area contributed by atoms with Gasteiger partial charge in [-0.25, -0.2) is 0 Å². The van der Waals surface area contributed by atoms with Crippen LogP contribution in [0, 0.1) is 0 Å². The number of hydrogen-bond donors (Lipinski definition) is 1. The molecule has 164 valence electrons. The largest absolute Gasteiger partial charge is 0.493 e. The molecule has 0 amide bonds. The monoisotopic (exact) mass is 526 g/mol. The Morgan fingerprint density at radius 2 is 1.97 bits per heavy atom. The number of aliphatic imine (C=N–C) groups is 1. The van der Waals surface area contributed by atoms with Gasteiger partial charge in [-0.1, -0.05) is 12.1 Å². The Hall–Kier alpha value is -1.23. The molecule has 1 aromatic rings. The highest BCUT2D eigenvalue weighted by Gasteiger charge is 2.41. The van der Waals surface area contributed by atoms with E-state index < -0.39 is 12.2 Å². The first-order valence-electron chi connectivity index (χ1n) is 9.97. The SMILES string of the molecule is CCNC(=NCCc1ccc2c(c1)CCO2)N1CCN(C(C)C(F)(F)F)CC1.I. The van der Waals surface area contributed by atoms with Crippen molar-refractivity contribution < 1.29 is 17.9 Å². The van der Waals surface area contributed by atoms with E-state index in [9.17, 15) is 13.2 Å². The van der Waals surface area contributed by atoms with Crippen molar-refractivity contribution in [2.45, 2.75) is 38.9 Å². The fourth-order valence-electron chi connectivity index (χ4n) is 3.64. The number of guanidine groups is 1. The molecule has 1 aromatic carbocycles. The Bertz CT molecular complexity index is 691. The average molecular weight is 526 g/mol. The third kappa shape index (κ3) is 6.37. The molecule has 2 aliphatic rings. The summed E-state index contributed by atoms with van der Waals surface area (Å²) >= 11 is 0. The first-order chi connectivity index (χ1) is 13.4. The summed E-state index contributed by atoms with van der Waals surface area (Å²) in [5.74, 6) is 1.76. The van der Waals surface area contributed by atoms with Gasteiger partial charge in [-0.05, 0) is 37.5 Å². The van der Waals surface area contributed by atoms with Gasteiger partial charge in [0, 0.05) is 45.7 Å². The van der Waals surface area contributed by atoms with Crippen molar-refractivity contribution in [1.29, 1.82) is 0 Å². The highest BCUT2D eigenvalue weighted by molar-refractivity contribution is 14.0. The molecule has 3 rings (SSSR count). The Morgan fingerprint density at radius 1 is 1.24 bits per heavy atom. The average Bonchev–Trinajstić information content (AvgIpc) is 3.14. The smallest absolute Gasteiger partial charge is 0.403 e. The molecule has 5 nitrogen and oxygen atoms in total. The van der Waals surface area contributed by atoms with Gasteiger partial charge in [0.2, 0.25) is 0 Å². The van der Waals surface area contributed by atoms with Gasteiger partial charge in [0.15, 0.2) is 5.96 Å². The molecular weight excluding hydrogens is 496 g/mol. The van der Waals surface area contributed by atoms with E-state index in [-0.39, 0.29) is 24.0 Å². The fraction of sp³-hybridized carbons (Fsp3) is 0.650. The molecule has 2 heterocycles. The molecule has 0 bridgehead atoms. The van der Waals surface area contributed by atoms with Crippen LogP contribution in [0.2, 0.25) is 0 Å². The van der Waals surface area contributed by atoms with E-state index >= 15 is 0 Å². The Labute approximate surface area is 187 Å². The maximum Gasteiger partial charge on any atom is 0.403 e. The lowest BCUT2D eigenvalue weighted by atomic mass is 10.1. The summed E-state index contributed by atoms with van der Waals surface area (Å²) in [5.41, 5.74) is 2.48. The van der Waals surface area contributed by atoms with Gasteiger partial charge in [-0.2, -0.15) is 13.2 Å². The molecule has 0 aliphatic carbocycles. The summed E-state index contributed by atoms with van der Waals surface area (Å²) in [7, 11) is 0. The van der Waals surface area contributed by atoms with Crippen molar-refractivity contribution in [3.8, 4) is 5.75 Å². The predicted octanol–water partition coefficient (Wildman–Crippen LogP) is 3.32. The lowest BCUT2D eigenvalue weighted by molar-refractivity contribution is -0.181. The number of fused-ring (bicyclic) bond motifs is 1. The molecule has 2 aliphatic heterocycles. The first-order valence-corrected chi connectivity index (χ1v) is 9.97. The van der Waals surface area contributed by atoms with Crippen LogP contribution in [0.5, 0.6) is 5.75 Å². The van der Waals surface area contributed by atoms with Crippen LogP contribution in [0.4, 0.5) is 13.2 Å². The topological polar surface area (TPSA) is 40.1 Å². The number of hydrogen-bond acceptors (Lipinski definition) is 3. The van der Waals surface area contributed by atoms with Crippen molar-refractivity contribution in [2.75, 3.05) is 45.9 Å². The van der Waals surface area contributed by atoms with Crippen LogP contribution in [-0.2, 0) is 12.8 Å². The van der Waals surface area contributed by atoms with Gasteiger partial charge < -0.3 is 15.0 Å². The zero-order chi connectivity index (χ0) is 20.1. The van der Waals surface area contributed by atoms with E-state index in [1.807, 2.05) is 13.0 Å². The van der Waals surface area contributed by atoms with Crippen LogP contribution >= 0.6 is 24.0 Å². The molecule has 0 spiro atoms. The molecule has 1 saturated heterocycles. The maximum absolute atomic E-state index is 12.9. The van der Waals surface area contributed by atoms with Crippen molar-refractivity contribution >= 4 is 29.9 Å². The highest BCUT2D eigenvalue weighted by Crippen LogP contribution is 2.26. The molecule has 0 saturated carbocycles. The second-order valence-electron chi connectivity index (χ2n) is 7.27. The zero-order valence-electron chi connectivity index (χ0n) is 17.0. The first kappa shape index (κ1) is 24.0. The summed E-state index contributed by atoms with van der Waals surface area (Å²) in [6.07, 6.45) is -2.40. The van der Waals surface area contributed by atoms with Crippen LogP contribution in [0.3, 0.4) is 0 Å². The van der Waals surface area contributed by atoms with Crippen LogP contribution in [0.1, 0.15) is 25.0 Å². The minimum atomic E-state index is -4.18. The van der Waals surface area contributed by atoms with E-state index in [1.54, 1.807) is 0 Å². The molecular formula is C20H30F3IN4O. The summed E-state index contributed by atoms with van der Waals surface area (Å²) in [5, 5.41) is 3.27. The van der Waals surface area contributed by atoms with Gasteiger partial charge in [0.05, 0.1) is 6.61 Å². The molecule has 1 atom stereocenters. The number of halogens is 4. The Morgan fingerprint density at radius 3 is 2.62 bits per heavy atom. The molecule has 1 unspecified atom stereocenters. The van der Waals surface area contributed by atoms with Crippen molar-refractivity contribution in [1.82, 2.24) is 15.1 Å². The molecule has 1 fully saturated rings. The summed E-state index contributed by atoms with van der Waals surface area (Å²) in [4.78, 5) is 8.25. The number of benzene rings is 1. The van der Waals surface area contributed by atoms with Gasteiger partial charge in [-0.15, -0.1) is 24.0 Å². The summed E-state index contributed by atoms with van der Waals surface area (Å²) in [6, 6.07) is 4.87. The van der Waals surface area contributed by atoms with Crippen molar-refractivity contribution in [3.05, 3.63) is 29.3 Å². The van der Waals surface area contributed by atoms with E-state index in [1.165, 1.54) is 23.0 Å². The number of nitrogens with zero attached hydrogens (tertiary/aromatic N) is 3. The third-order valence-electron chi connectivity index (χ3n) is 5.39. The zero-order valence-corrected chi connectivity index (χ0v) is 19.3. The minimum Gasteiger partial charge on any atom is -0.493 e. The van der Waals surface area contributed by atoms with E-state index in [2.05, 4.69) is 22.3 Å². The second-order valence-corrected chi connectivity index (χ2v) is 7.27. The fourth-order valence-corrected chi connectivity index (χ4v) is 3.64. The van der Waals surface area contributed by atoms with Gasteiger partial charge in [-0.3, -0.25) is 9.89 Å². The van der Waals surface area contributed by atoms with Crippen LogP contribution in [0.25, 0.3) is 0 Å². The number of nitrogens with one attached hydrogen (secondary N) is 1. The number of ether oxygens (including phenoxy) is 1. The molecule has 0 aromatic heterocycles. The quantitative estimate of drug-likeness (QED) is 0.363. The standard InChI is InChI=1S/C20H29F3N4O.HI/c1-3-24-19(27-11-9-26(10-12-27)15(2)20(21,22)23)25-8-6-16-4-5-18-17(14-16)7-13-28-18;/h4-5,14-15H,3,6-13H2,1-2H3,(H,24,25);1H. The van der Waals surface area contributed by atoms with Crippen LogP contribution in [-0.4, -0.2) is 73.9 Å². The Balaban J connectivity index is 0.00000300. The van der Waals surface area contributed by atoms with Crippen molar-refractivity contribution in [3.63, 3.8) is 0 Å². The minimum absolute atomic E-state index is 0. The predicted molar refractivity (Wildman–Crippen MR) is 119 cm³/mol. The molecule has 1 N–H and O–H groups in total. The lowest BCUT2D eigenvalue weighted by Gasteiger charge is -2.39. The van der Waals surface area contributed by atoms with E-state index in [0.29, 0.717) is 32.7 Å². The second kappa shape index (κ2) is 10.7.